The van der Waals surface area contributed by atoms with E-state index in [1.54, 1.807) is 12.3 Å². The normalized spacial score (nSPS) is 10.7. The first-order valence-electron chi connectivity index (χ1n) is 6.73. The second-order valence-electron chi connectivity index (χ2n) is 4.56. The van der Waals surface area contributed by atoms with Crippen LogP contribution in [-0.4, -0.2) is 25.8 Å². The smallest absolute Gasteiger partial charge is 0.277 e. The van der Waals surface area contributed by atoms with Gasteiger partial charge in [-0.3, -0.25) is 4.79 Å². The highest BCUT2D eigenvalue weighted by Crippen LogP contribution is 2.38. The van der Waals surface area contributed by atoms with Gasteiger partial charge in [0.2, 0.25) is 0 Å². The molecule has 0 saturated heterocycles. The Balaban J connectivity index is 1.92. The molecule has 0 bridgehead atoms. The van der Waals surface area contributed by atoms with Crippen molar-refractivity contribution in [1.82, 2.24) is 5.43 Å². The van der Waals surface area contributed by atoms with E-state index in [9.17, 15) is 4.79 Å². The Labute approximate surface area is 170 Å². The molecule has 0 heterocycles. The number of halogens is 3. The summed E-state index contributed by atoms with van der Waals surface area (Å²) in [5.41, 5.74) is 3.33. The van der Waals surface area contributed by atoms with Gasteiger partial charge in [-0.2, -0.15) is 5.10 Å². The van der Waals surface area contributed by atoms with E-state index in [0.29, 0.717) is 16.0 Å². The lowest BCUT2D eigenvalue weighted by atomic mass is 10.2. The number of nitrogens with zero attached hydrogens (tertiary/aromatic N) is 1. The Morgan fingerprint density at radius 2 is 2.12 bits per heavy atom. The van der Waals surface area contributed by atoms with Crippen LogP contribution in [0.4, 0.5) is 0 Å². The highest BCUT2D eigenvalue weighted by atomic mass is 127. The molecule has 8 heteroatoms. The zero-order chi connectivity index (χ0) is 17.5. The van der Waals surface area contributed by atoms with Crippen molar-refractivity contribution >= 4 is 66.6 Å². The van der Waals surface area contributed by atoms with Crippen molar-refractivity contribution in [2.45, 2.75) is 0 Å². The van der Waals surface area contributed by atoms with Crippen LogP contribution in [-0.2, 0) is 4.79 Å². The van der Waals surface area contributed by atoms with E-state index in [2.05, 4.69) is 65.0 Å². The van der Waals surface area contributed by atoms with Crippen molar-refractivity contribution in [3.05, 3.63) is 54.5 Å². The molecule has 5 nitrogen and oxygen atoms in total. The number of hydrogen-bond donors (Lipinski definition) is 1. The molecular weight excluding hydrogens is 555 g/mol. The van der Waals surface area contributed by atoms with Gasteiger partial charge in [-0.05, 0) is 68.3 Å². The standard InChI is InChI=1S/C16H13Br2IN2O3/c1-23-14-7-11(17)6-13(18)16(14)24-9-15(22)21-20-8-10-3-2-4-12(19)5-10/h2-8H,9H2,1H3,(H,21,22)/b20-8-. The molecule has 0 aliphatic carbocycles. The summed E-state index contributed by atoms with van der Waals surface area (Å²) in [6, 6.07) is 11.3. The van der Waals surface area contributed by atoms with Crippen molar-refractivity contribution in [3.63, 3.8) is 0 Å². The molecule has 1 amide bonds. The predicted octanol–water partition coefficient (Wildman–Crippen LogP) is 4.35. The lowest BCUT2D eigenvalue weighted by Crippen LogP contribution is -2.24. The molecule has 0 fully saturated rings. The van der Waals surface area contributed by atoms with E-state index in [0.717, 1.165) is 13.6 Å². The summed E-state index contributed by atoms with van der Waals surface area (Å²) in [7, 11) is 1.53. The van der Waals surface area contributed by atoms with Gasteiger partial charge in [0.25, 0.3) is 5.91 Å². The van der Waals surface area contributed by atoms with E-state index < -0.39 is 0 Å². The Kier molecular flexibility index (Phi) is 7.50. The molecule has 0 aliphatic heterocycles. The number of nitrogens with one attached hydrogen (secondary N) is 1. The topological polar surface area (TPSA) is 59.9 Å². The van der Waals surface area contributed by atoms with E-state index in [1.807, 2.05) is 30.3 Å². The Bertz CT molecular complexity index is 769. The molecule has 2 aromatic carbocycles. The number of rotatable bonds is 6. The van der Waals surface area contributed by atoms with Crippen LogP contribution < -0.4 is 14.9 Å². The molecule has 0 aromatic heterocycles. The molecule has 0 spiro atoms. The molecule has 2 aromatic rings. The molecular formula is C16H13Br2IN2O3. The van der Waals surface area contributed by atoms with E-state index >= 15 is 0 Å². The average Bonchev–Trinajstić information content (AvgIpc) is 2.53. The molecule has 0 unspecified atom stereocenters. The van der Waals surface area contributed by atoms with Gasteiger partial charge in [-0.25, -0.2) is 5.43 Å². The van der Waals surface area contributed by atoms with Crippen molar-refractivity contribution in [2.75, 3.05) is 13.7 Å². The number of hydrazone groups is 1. The quantitative estimate of drug-likeness (QED) is 0.321. The Morgan fingerprint density at radius 3 is 2.83 bits per heavy atom. The van der Waals surface area contributed by atoms with Gasteiger partial charge in [-0.15, -0.1) is 0 Å². The number of carbonyl (C=O) groups is 1. The van der Waals surface area contributed by atoms with Gasteiger partial charge in [0.05, 0.1) is 17.8 Å². The molecule has 0 atom stereocenters. The number of carbonyl (C=O) groups excluding carboxylic acids is 1. The Morgan fingerprint density at radius 1 is 1.33 bits per heavy atom. The van der Waals surface area contributed by atoms with E-state index in [4.69, 9.17) is 9.47 Å². The van der Waals surface area contributed by atoms with Crippen LogP contribution in [0.25, 0.3) is 0 Å². The minimum atomic E-state index is -0.367. The third-order valence-electron chi connectivity index (χ3n) is 2.79. The fourth-order valence-electron chi connectivity index (χ4n) is 1.76. The van der Waals surface area contributed by atoms with Gasteiger partial charge in [0.15, 0.2) is 18.1 Å². The number of hydrogen-bond acceptors (Lipinski definition) is 4. The average molecular weight is 568 g/mol. The summed E-state index contributed by atoms with van der Waals surface area (Å²) in [5, 5.41) is 3.92. The van der Waals surface area contributed by atoms with E-state index in [-0.39, 0.29) is 12.5 Å². The van der Waals surface area contributed by atoms with Crippen molar-refractivity contribution < 1.29 is 14.3 Å². The van der Waals surface area contributed by atoms with Crippen molar-refractivity contribution in [2.24, 2.45) is 5.10 Å². The van der Waals surface area contributed by atoms with Crippen LogP contribution in [0.1, 0.15) is 5.56 Å². The van der Waals surface area contributed by atoms with Crippen LogP contribution in [0.3, 0.4) is 0 Å². The summed E-state index contributed by atoms with van der Waals surface area (Å²) in [4.78, 5) is 11.8. The maximum atomic E-state index is 11.8. The van der Waals surface area contributed by atoms with Crippen molar-refractivity contribution in [3.8, 4) is 11.5 Å². The molecule has 0 radical (unpaired) electrons. The minimum absolute atomic E-state index is 0.180. The zero-order valence-corrected chi connectivity index (χ0v) is 17.9. The minimum Gasteiger partial charge on any atom is -0.493 e. The summed E-state index contributed by atoms with van der Waals surface area (Å²) < 4.78 is 13.4. The van der Waals surface area contributed by atoms with Gasteiger partial charge in [0.1, 0.15) is 0 Å². The maximum absolute atomic E-state index is 11.8. The fraction of sp³-hybridized carbons (Fsp3) is 0.125. The second-order valence-corrected chi connectivity index (χ2v) is 7.57. The largest absolute Gasteiger partial charge is 0.493 e. The summed E-state index contributed by atoms with van der Waals surface area (Å²) in [6.07, 6.45) is 1.58. The number of benzene rings is 2. The molecule has 126 valence electrons. The third-order valence-corrected chi connectivity index (χ3v) is 4.51. The maximum Gasteiger partial charge on any atom is 0.277 e. The SMILES string of the molecule is COc1cc(Br)cc(Br)c1OCC(=O)N/N=C\c1cccc(I)c1. The molecule has 24 heavy (non-hydrogen) atoms. The number of amides is 1. The molecule has 0 saturated carbocycles. The zero-order valence-electron chi connectivity index (χ0n) is 12.6. The van der Waals surface area contributed by atoms with Gasteiger partial charge >= 0.3 is 0 Å². The molecule has 2 rings (SSSR count). The summed E-state index contributed by atoms with van der Waals surface area (Å²) in [6.45, 7) is -0.180. The lowest BCUT2D eigenvalue weighted by Gasteiger charge is -2.12. The van der Waals surface area contributed by atoms with Crippen molar-refractivity contribution in [1.29, 1.82) is 0 Å². The number of ether oxygens (including phenoxy) is 2. The van der Waals surface area contributed by atoms with Gasteiger partial charge in [-0.1, -0.05) is 28.1 Å². The van der Waals surface area contributed by atoms with Crippen LogP contribution >= 0.6 is 54.5 Å². The van der Waals surface area contributed by atoms with Crippen LogP contribution in [0.5, 0.6) is 11.5 Å². The van der Waals surface area contributed by atoms with Crippen LogP contribution in [0.2, 0.25) is 0 Å². The summed E-state index contributed by atoms with van der Waals surface area (Å²) >= 11 is 8.96. The third kappa shape index (κ3) is 5.75. The predicted molar refractivity (Wildman–Crippen MR) is 109 cm³/mol. The fourth-order valence-corrected chi connectivity index (χ4v) is 3.63. The molecule has 0 aliphatic rings. The number of methoxy groups -OCH3 is 1. The van der Waals surface area contributed by atoms with Gasteiger partial charge in [0, 0.05) is 8.04 Å². The van der Waals surface area contributed by atoms with Gasteiger partial charge < -0.3 is 9.47 Å². The lowest BCUT2D eigenvalue weighted by molar-refractivity contribution is -0.123. The molecule has 1 N–H and O–H groups in total. The summed E-state index contributed by atoms with van der Waals surface area (Å²) in [5.74, 6) is 0.609. The second kappa shape index (κ2) is 9.38. The highest BCUT2D eigenvalue weighted by Gasteiger charge is 2.12. The first-order chi connectivity index (χ1) is 11.5. The first-order valence-corrected chi connectivity index (χ1v) is 9.39. The van der Waals surface area contributed by atoms with E-state index in [1.165, 1.54) is 7.11 Å². The highest BCUT2D eigenvalue weighted by molar-refractivity contribution is 14.1. The van der Waals surface area contributed by atoms with Crippen LogP contribution in [0, 0.1) is 3.57 Å². The van der Waals surface area contributed by atoms with Crippen LogP contribution in [0.15, 0.2) is 50.4 Å². The monoisotopic (exact) mass is 566 g/mol. The first kappa shape index (κ1) is 19.2. The Hall–Kier alpha value is -1.13.